The molecule has 0 aliphatic carbocycles. The predicted octanol–water partition coefficient (Wildman–Crippen LogP) is 2.55. The van der Waals surface area contributed by atoms with E-state index in [1.807, 2.05) is 0 Å². The van der Waals surface area contributed by atoms with Gasteiger partial charge < -0.3 is 5.11 Å². The lowest BCUT2D eigenvalue weighted by atomic mass is 10.1. The van der Waals surface area contributed by atoms with Crippen LogP contribution in [0, 0.1) is 5.92 Å². The number of thiophene rings is 1. The van der Waals surface area contributed by atoms with Gasteiger partial charge in [-0.3, -0.25) is 4.79 Å². The van der Waals surface area contributed by atoms with Crippen molar-refractivity contribution in [3.63, 3.8) is 0 Å². The zero-order valence-corrected chi connectivity index (χ0v) is 13.5. The molecule has 1 heterocycles. The third kappa shape index (κ3) is 3.67. The van der Waals surface area contributed by atoms with E-state index in [2.05, 4.69) is 20.7 Å². The van der Waals surface area contributed by atoms with Gasteiger partial charge in [-0.15, -0.1) is 11.3 Å². The van der Waals surface area contributed by atoms with E-state index < -0.39 is 22.0 Å². The van der Waals surface area contributed by atoms with E-state index in [-0.39, 0.29) is 15.1 Å². The zero-order chi connectivity index (χ0) is 14.1. The highest BCUT2D eigenvalue weighted by molar-refractivity contribution is 9.11. The summed E-state index contributed by atoms with van der Waals surface area (Å²) in [6.45, 7) is 3.25. The minimum absolute atomic E-state index is 0.0220. The van der Waals surface area contributed by atoms with E-state index >= 15 is 0 Å². The number of aliphatic carboxylic acids is 1. The Morgan fingerprint density at radius 2 is 2.11 bits per heavy atom. The van der Waals surface area contributed by atoms with Crippen molar-refractivity contribution in [3.05, 3.63) is 14.9 Å². The topological polar surface area (TPSA) is 83.5 Å². The number of carboxylic acids is 1. The molecular formula is C9H11BrClNO4S2. The van der Waals surface area contributed by atoms with Crippen LogP contribution in [0.2, 0.25) is 5.02 Å². The van der Waals surface area contributed by atoms with Crippen molar-refractivity contribution in [1.82, 2.24) is 4.72 Å². The van der Waals surface area contributed by atoms with Crippen LogP contribution in [0.4, 0.5) is 0 Å². The van der Waals surface area contributed by atoms with Gasteiger partial charge in [0.05, 0.1) is 8.81 Å². The number of nitrogens with one attached hydrogen (secondary N) is 1. The molecule has 0 aliphatic rings. The molecule has 0 spiro atoms. The number of carbonyl (C=O) groups is 1. The smallest absolute Gasteiger partial charge is 0.322 e. The molecule has 0 aliphatic heterocycles. The first-order chi connectivity index (χ1) is 8.15. The number of hydrogen-bond acceptors (Lipinski definition) is 4. The monoisotopic (exact) mass is 375 g/mol. The second kappa shape index (κ2) is 5.87. The van der Waals surface area contributed by atoms with E-state index in [9.17, 15) is 13.2 Å². The van der Waals surface area contributed by atoms with E-state index in [0.717, 1.165) is 11.3 Å². The van der Waals surface area contributed by atoms with Gasteiger partial charge in [-0.25, -0.2) is 8.42 Å². The normalized spacial score (nSPS) is 13.8. The average Bonchev–Trinajstić information content (AvgIpc) is 2.56. The van der Waals surface area contributed by atoms with Crippen molar-refractivity contribution >= 4 is 54.9 Å². The fourth-order valence-electron chi connectivity index (χ4n) is 1.16. The molecule has 0 radical (unpaired) electrons. The van der Waals surface area contributed by atoms with E-state index in [1.165, 1.54) is 6.07 Å². The number of halogens is 2. The molecule has 1 atom stereocenters. The maximum Gasteiger partial charge on any atom is 0.322 e. The molecule has 1 aromatic heterocycles. The van der Waals surface area contributed by atoms with E-state index in [0.29, 0.717) is 3.79 Å². The molecule has 1 unspecified atom stereocenters. The Bertz CT molecular complexity index is 535. The van der Waals surface area contributed by atoms with Crippen LogP contribution in [0.3, 0.4) is 0 Å². The summed E-state index contributed by atoms with van der Waals surface area (Å²) < 4.78 is 26.6. The first kappa shape index (κ1) is 15.9. The summed E-state index contributed by atoms with van der Waals surface area (Å²) >= 11 is 9.79. The highest BCUT2D eigenvalue weighted by Crippen LogP contribution is 2.34. The van der Waals surface area contributed by atoms with Crippen LogP contribution < -0.4 is 4.72 Å². The molecule has 9 heteroatoms. The molecule has 0 amide bonds. The van der Waals surface area contributed by atoms with Crippen LogP contribution in [0.5, 0.6) is 0 Å². The second-order valence-electron chi connectivity index (χ2n) is 3.87. The molecule has 0 saturated carbocycles. The van der Waals surface area contributed by atoms with Gasteiger partial charge in [0, 0.05) is 0 Å². The highest BCUT2D eigenvalue weighted by atomic mass is 79.9. The molecular weight excluding hydrogens is 366 g/mol. The number of hydrogen-bond donors (Lipinski definition) is 2. The van der Waals surface area contributed by atoms with Crippen molar-refractivity contribution < 1.29 is 18.3 Å². The molecule has 0 aromatic carbocycles. The standard InChI is InChI=1S/C9H11BrClNO4S2/c1-4(2)7(9(13)14)12-18(15,16)6-3-5(11)8(10)17-6/h3-4,7,12H,1-2H3,(H,13,14). The van der Waals surface area contributed by atoms with E-state index in [4.69, 9.17) is 16.7 Å². The van der Waals surface area contributed by atoms with Crippen LogP contribution >= 0.6 is 38.9 Å². The number of rotatable bonds is 5. The summed E-state index contributed by atoms with van der Waals surface area (Å²) in [4.78, 5) is 11.0. The minimum atomic E-state index is -3.88. The SMILES string of the molecule is CC(C)C(NS(=O)(=O)c1cc(Cl)c(Br)s1)C(=O)O. The Morgan fingerprint density at radius 3 is 2.44 bits per heavy atom. The second-order valence-corrected chi connectivity index (χ2v) is 8.59. The number of sulfonamides is 1. The summed E-state index contributed by atoms with van der Waals surface area (Å²) in [7, 11) is -3.88. The first-order valence-corrected chi connectivity index (χ1v) is 8.32. The Hall–Kier alpha value is -0.150. The van der Waals surface area contributed by atoms with Crippen molar-refractivity contribution in [2.24, 2.45) is 5.92 Å². The minimum Gasteiger partial charge on any atom is -0.480 e. The van der Waals surface area contributed by atoms with Gasteiger partial charge in [-0.1, -0.05) is 25.4 Å². The molecule has 5 nitrogen and oxygen atoms in total. The Labute approximate surface area is 122 Å². The van der Waals surface area contributed by atoms with Crippen molar-refractivity contribution in [2.75, 3.05) is 0 Å². The third-order valence-electron chi connectivity index (χ3n) is 2.10. The van der Waals surface area contributed by atoms with Gasteiger partial charge in [0.1, 0.15) is 10.3 Å². The summed E-state index contributed by atoms with van der Waals surface area (Å²) in [6.07, 6.45) is 0. The Kier molecular flexibility index (Phi) is 5.19. The van der Waals surface area contributed by atoms with Crippen molar-refractivity contribution in [1.29, 1.82) is 0 Å². The molecule has 0 bridgehead atoms. The fraction of sp³-hybridized carbons (Fsp3) is 0.444. The van der Waals surface area contributed by atoms with E-state index in [1.54, 1.807) is 13.8 Å². The van der Waals surface area contributed by atoms with Crippen LogP contribution in [0.25, 0.3) is 0 Å². The van der Waals surface area contributed by atoms with Gasteiger partial charge >= 0.3 is 5.97 Å². The summed E-state index contributed by atoms with van der Waals surface area (Å²) in [5.74, 6) is -1.58. The molecule has 0 saturated heterocycles. The molecule has 2 N–H and O–H groups in total. The lowest BCUT2D eigenvalue weighted by molar-refractivity contribution is -0.140. The third-order valence-corrected chi connectivity index (χ3v) is 6.49. The lowest BCUT2D eigenvalue weighted by Gasteiger charge is -2.17. The van der Waals surface area contributed by atoms with Crippen LogP contribution in [-0.4, -0.2) is 25.5 Å². The Balaban J connectivity index is 3.04. The lowest BCUT2D eigenvalue weighted by Crippen LogP contribution is -2.43. The molecule has 18 heavy (non-hydrogen) atoms. The van der Waals surface area contributed by atoms with Gasteiger partial charge in [0.2, 0.25) is 0 Å². The molecule has 0 fully saturated rings. The summed E-state index contributed by atoms with van der Waals surface area (Å²) in [5.41, 5.74) is 0. The van der Waals surface area contributed by atoms with Gasteiger partial charge in [0.15, 0.2) is 0 Å². The maximum atomic E-state index is 12.0. The average molecular weight is 377 g/mol. The number of carboxylic acid groups (broad SMARTS) is 1. The van der Waals surface area contributed by atoms with Crippen LogP contribution in [0.1, 0.15) is 13.8 Å². The molecule has 1 aromatic rings. The maximum absolute atomic E-state index is 12.0. The highest BCUT2D eigenvalue weighted by Gasteiger charge is 2.29. The van der Waals surface area contributed by atoms with Crippen molar-refractivity contribution in [2.45, 2.75) is 24.1 Å². The molecule has 1 rings (SSSR count). The van der Waals surface area contributed by atoms with Crippen molar-refractivity contribution in [3.8, 4) is 0 Å². The van der Waals surface area contributed by atoms with Gasteiger partial charge in [0.25, 0.3) is 10.0 Å². The predicted molar refractivity (Wildman–Crippen MR) is 73.6 cm³/mol. The zero-order valence-electron chi connectivity index (χ0n) is 9.48. The molecule has 102 valence electrons. The summed E-state index contributed by atoms with van der Waals surface area (Å²) in [6, 6.07) is 0.104. The Morgan fingerprint density at radius 1 is 1.56 bits per heavy atom. The van der Waals surface area contributed by atoms with Gasteiger partial charge in [-0.2, -0.15) is 4.72 Å². The summed E-state index contributed by atoms with van der Waals surface area (Å²) in [5, 5.41) is 9.23. The first-order valence-electron chi connectivity index (χ1n) is 4.85. The van der Waals surface area contributed by atoms with Crippen LogP contribution in [-0.2, 0) is 14.8 Å². The van der Waals surface area contributed by atoms with Gasteiger partial charge in [-0.05, 0) is 27.9 Å². The largest absolute Gasteiger partial charge is 0.480 e. The fourth-order valence-corrected chi connectivity index (χ4v) is 4.91. The quantitative estimate of drug-likeness (QED) is 0.827. The van der Waals surface area contributed by atoms with Crippen LogP contribution in [0.15, 0.2) is 14.1 Å².